The standard InChI is InChI=1S/C12H18N4O3S2/c1-2-6-20-12-14-11(21-15-12)13-9(17)7-16-5-3-4-8(16)10(18)19/h8H,2-7H2,1H3,(H,18,19)(H,13,14,15,17). The van der Waals surface area contributed by atoms with Crippen molar-refractivity contribution in [3.8, 4) is 0 Å². The van der Waals surface area contributed by atoms with Gasteiger partial charge in [-0.05, 0) is 25.8 Å². The maximum atomic E-state index is 11.9. The Hall–Kier alpha value is -1.19. The van der Waals surface area contributed by atoms with Crippen LogP contribution < -0.4 is 5.32 Å². The van der Waals surface area contributed by atoms with Crippen molar-refractivity contribution >= 4 is 40.3 Å². The van der Waals surface area contributed by atoms with Crippen molar-refractivity contribution in [2.75, 3.05) is 24.2 Å². The summed E-state index contributed by atoms with van der Waals surface area (Å²) in [5, 5.41) is 12.9. The predicted octanol–water partition coefficient (Wildman–Crippen LogP) is 1.53. The van der Waals surface area contributed by atoms with E-state index in [2.05, 4.69) is 21.6 Å². The fourth-order valence-corrected chi connectivity index (χ4v) is 3.57. The van der Waals surface area contributed by atoms with Gasteiger partial charge < -0.3 is 5.11 Å². The van der Waals surface area contributed by atoms with E-state index in [-0.39, 0.29) is 12.5 Å². The number of nitrogens with zero attached hydrogens (tertiary/aromatic N) is 3. The number of carboxylic acid groups (broad SMARTS) is 1. The Morgan fingerprint density at radius 3 is 3.10 bits per heavy atom. The average molecular weight is 330 g/mol. The number of aromatic nitrogens is 2. The van der Waals surface area contributed by atoms with Crippen molar-refractivity contribution in [1.82, 2.24) is 14.3 Å². The first-order valence-corrected chi connectivity index (χ1v) is 8.59. The molecule has 1 unspecified atom stereocenters. The zero-order chi connectivity index (χ0) is 15.2. The topological polar surface area (TPSA) is 95.4 Å². The van der Waals surface area contributed by atoms with E-state index >= 15 is 0 Å². The van der Waals surface area contributed by atoms with Crippen LogP contribution in [0.25, 0.3) is 0 Å². The number of thioether (sulfide) groups is 1. The Labute approximate surface area is 131 Å². The van der Waals surface area contributed by atoms with E-state index in [0.29, 0.717) is 23.3 Å². The van der Waals surface area contributed by atoms with Gasteiger partial charge in [0.15, 0.2) is 0 Å². The molecule has 0 aliphatic carbocycles. The van der Waals surface area contributed by atoms with Crippen molar-refractivity contribution in [3.05, 3.63) is 0 Å². The SMILES string of the molecule is CCCSc1nsc(NC(=O)CN2CCCC2C(=O)O)n1. The Balaban J connectivity index is 1.84. The number of hydrogen-bond acceptors (Lipinski definition) is 7. The van der Waals surface area contributed by atoms with Crippen molar-refractivity contribution in [1.29, 1.82) is 0 Å². The van der Waals surface area contributed by atoms with Crippen LogP contribution in [0.4, 0.5) is 5.13 Å². The Morgan fingerprint density at radius 1 is 1.57 bits per heavy atom. The highest BCUT2D eigenvalue weighted by Gasteiger charge is 2.31. The highest BCUT2D eigenvalue weighted by Crippen LogP contribution is 2.21. The summed E-state index contributed by atoms with van der Waals surface area (Å²) in [7, 11) is 0. The summed E-state index contributed by atoms with van der Waals surface area (Å²) < 4.78 is 4.15. The lowest BCUT2D eigenvalue weighted by Crippen LogP contribution is -2.40. The van der Waals surface area contributed by atoms with Crippen LogP contribution in [-0.4, -0.2) is 56.1 Å². The number of carbonyl (C=O) groups excluding carboxylic acids is 1. The average Bonchev–Trinajstić information content (AvgIpc) is 3.05. The van der Waals surface area contributed by atoms with Gasteiger partial charge in [-0.1, -0.05) is 18.7 Å². The lowest BCUT2D eigenvalue weighted by molar-refractivity contribution is -0.142. The summed E-state index contributed by atoms with van der Waals surface area (Å²) in [6.07, 6.45) is 2.44. The number of carboxylic acids is 1. The minimum absolute atomic E-state index is 0.0774. The molecule has 0 spiro atoms. The molecular formula is C12H18N4O3S2. The van der Waals surface area contributed by atoms with Crippen LogP contribution >= 0.6 is 23.3 Å². The molecule has 1 atom stereocenters. The number of nitrogens with one attached hydrogen (secondary N) is 1. The highest BCUT2D eigenvalue weighted by atomic mass is 32.2. The van der Waals surface area contributed by atoms with Gasteiger partial charge in [0.25, 0.3) is 0 Å². The van der Waals surface area contributed by atoms with Gasteiger partial charge in [0, 0.05) is 17.3 Å². The molecule has 0 radical (unpaired) electrons. The van der Waals surface area contributed by atoms with E-state index in [1.807, 2.05) is 0 Å². The molecule has 1 aliphatic rings. The first-order valence-electron chi connectivity index (χ1n) is 6.83. The minimum Gasteiger partial charge on any atom is -0.480 e. The third-order valence-corrected chi connectivity index (χ3v) is 4.88. The van der Waals surface area contributed by atoms with Crippen LogP contribution in [0, 0.1) is 0 Å². The normalized spacial score (nSPS) is 18.8. The molecule has 2 N–H and O–H groups in total. The van der Waals surface area contributed by atoms with E-state index in [4.69, 9.17) is 5.11 Å². The predicted molar refractivity (Wildman–Crippen MR) is 81.8 cm³/mol. The van der Waals surface area contributed by atoms with E-state index in [9.17, 15) is 9.59 Å². The summed E-state index contributed by atoms with van der Waals surface area (Å²) in [4.78, 5) is 28.9. The highest BCUT2D eigenvalue weighted by molar-refractivity contribution is 7.99. The minimum atomic E-state index is -0.866. The van der Waals surface area contributed by atoms with Crippen molar-refractivity contribution < 1.29 is 14.7 Å². The van der Waals surface area contributed by atoms with E-state index in [1.165, 1.54) is 0 Å². The number of carbonyl (C=O) groups is 2. The number of hydrogen-bond donors (Lipinski definition) is 2. The van der Waals surface area contributed by atoms with Gasteiger partial charge in [0.05, 0.1) is 6.54 Å². The van der Waals surface area contributed by atoms with Crippen molar-refractivity contribution in [2.24, 2.45) is 0 Å². The lowest BCUT2D eigenvalue weighted by atomic mass is 10.2. The van der Waals surface area contributed by atoms with Gasteiger partial charge >= 0.3 is 5.97 Å². The molecule has 21 heavy (non-hydrogen) atoms. The molecule has 1 amide bonds. The zero-order valence-electron chi connectivity index (χ0n) is 11.7. The lowest BCUT2D eigenvalue weighted by Gasteiger charge is -2.19. The fraction of sp³-hybridized carbons (Fsp3) is 0.667. The summed E-state index contributed by atoms with van der Waals surface area (Å²) in [6.45, 7) is 2.79. The molecule has 0 bridgehead atoms. The third kappa shape index (κ3) is 4.65. The van der Waals surface area contributed by atoms with Gasteiger partial charge in [-0.3, -0.25) is 19.8 Å². The third-order valence-electron chi connectivity index (χ3n) is 3.08. The molecular weight excluding hydrogens is 312 g/mol. The summed E-state index contributed by atoms with van der Waals surface area (Å²) >= 11 is 2.70. The van der Waals surface area contributed by atoms with Gasteiger partial charge in [-0.25, -0.2) is 0 Å². The maximum Gasteiger partial charge on any atom is 0.320 e. The molecule has 0 saturated carbocycles. The number of rotatable bonds is 7. The molecule has 0 aromatic carbocycles. The van der Waals surface area contributed by atoms with Crippen LogP contribution in [0.3, 0.4) is 0 Å². The molecule has 116 valence electrons. The Bertz CT molecular complexity index is 508. The van der Waals surface area contributed by atoms with Gasteiger partial charge in [-0.2, -0.15) is 9.36 Å². The van der Waals surface area contributed by atoms with Crippen LogP contribution in [0.5, 0.6) is 0 Å². The number of anilines is 1. The van der Waals surface area contributed by atoms with Gasteiger partial charge in [0.1, 0.15) is 6.04 Å². The Kier molecular flexibility index (Phi) is 5.95. The van der Waals surface area contributed by atoms with Crippen LogP contribution in [0.15, 0.2) is 5.16 Å². The molecule has 2 rings (SSSR count). The molecule has 1 aromatic rings. The second-order valence-corrected chi connectivity index (χ2v) is 6.56. The van der Waals surface area contributed by atoms with Crippen LogP contribution in [-0.2, 0) is 9.59 Å². The van der Waals surface area contributed by atoms with Crippen molar-refractivity contribution in [2.45, 2.75) is 37.4 Å². The molecule has 1 fully saturated rings. The quantitative estimate of drug-likeness (QED) is 0.732. The smallest absolute Gasteiger partial charge is 0.320 e. The molecule has 7 nitrogen and oxygen atoms in total. The second-order valence-electron chi connectivity index (χ2n) is 4.75. The second kappa shape index (κ2) is 7.71. The Morgan fingerprint density at radius 2 is 2.38 bits per heavy atom. The monoisotopic (exact) mass is 330 g/mol. The first kappa shape index (κ1) is 16.2. The summed E-state index contributed by atoms with van der Waals surface area (Å²) in [5.41, 5.74) is 0. The maximum absolute atomic E-state index is 11.9. The number of likely N-dealkylation sites (tertiary alicyclic amines) is 1. The molecule has 9 heteroatoms. The van der Waals surface area contributed by atoms with Crippen LogP contribution in [0.1, 0.15) is 26.2 Å². The van der Waals surface area contributed by atoms with E-state index in [0.717, 1.165) is 30.1 Å². The van der Waals surface area contributed by atoms with E-state index < -0.39 is 12.0 Å². The molecule has 2 heterocycles. The zero-order valence-corrected chi connectivity index (χ0v) is 13.4. The van der Waals surface area contributed by atoms with Gasteiger partial charge in [-0.15, -0.1) is 0 Å². The summed E-state index contributed by atoms with van der Waals surface area (Å²) in [6, 6.07) is -0.555. The largest absolute Gasteiger partial charge is 0.480 e. The molecule has 1 saturated heterocycles. The first-order chi connectivity index (χ1) is 10.1. The van der Waals surface area contributed by atoms with Gasteiger partial charge in [0.2, 0.25) is 16.2 Å². The van der Waals surface area contributed by atoms with E-state index in [1.54, 1.807) is 16.7 Å². The van der Waals surface area contributed by atoms with Crippen molar-refractivity contribution in [3.63, 3.8) is 0 Å². The number of amides is 1. The molecule has 1 aliphatic heterocycles. The summed E-state index contributed by atoms with van der Waals surface area (Å²) in [5.74, 6) is -0.168. The number of aliphatic carboxylic acids is 1. The van der Waals surface area contributed by atoms with Crippen LogP contribution in [0.2, 0.25) is 0 Å². The fourth-order valence-electron chi connectivity index (χ4n) is 2.15. The molecule has 1 aromatic heterocycles.